The molecular weight excluding hydrogens is 458 g/mol. The first-order valence-corrected chi connectivity index (χ1v) is 12.4. The minimum atomic E-state index is -1.10. The number of aromatic nitrogens is 2. The highest BCUT2D eigenvalue weighted by molar-refractivity contribution is 5.43. The van der Waals surface area contributed by atoms with E-state index in [9.17, 15) is 5.11 Å². The Bertz CT molecular complexity index is 1100. The summed E-state index contributed by atoms with van der Waals surface area (Å²) in [4.78, 5) is 6.44. The minimum absolute atomic E-state index is 0.168. The highest BCUT2D eigenvalue weighted by atomic mass is 16.5. The van der Waals surface area contributed by atoms with Crippen molar-refractivity contribution >= 4 is 0 Å². The van der Waals surface area contributed by atoms with Crippen LogP contribution in [0.2, 0.25) is 0 Å². The van der Waals surface area contributed by atoms with Crippen LogP contribution in [0.5, 0.6) is 17.2 Å². The molecule has 1 aliphatic heterocycles. The van der Waals surface area contributed by atoms with Gasteiger partial charge in [-0.25, -0.2) is 4.98 Å². The van der Waals surface area contributed by atoms with Gasteiger partial charge in [0.15, 0.2) is 11.5 Å². The molecule has 1 N–H and O–H groups in total. The van der Waals surface area contributed by atoms with Gasteiger partial charge in [-0.15, -0.1) is 0 Å². The van der Waals surface area contributed by atoms with E-state index in [0.29, 0.717) is 32.1 Å². The summed E-state index contributed by atoms with van der Waals surface area (Å²) in [6.45, 7) is 8.28. The molecular formula is C28H37N3O5. The van der Waals surface area contributed by atoms with Crippen LogP contribution in [0, 0.1) is 13.8 Å². The fourth-order valence-electron chi connectivity index (χ4n) is 4.32. The van der Waals surface area contributed by atoms with E-state index >= 15 is 0 Å². The first-order valence-electron chi connectivity index (χ1n) is 12.4. The van der Waals surface area contributed by atoms with Crippen LogP contribution < -0.4 is 14.2 Å². The van der Waals surface area contributed by atoms with Gasteiger partial charge in [0.25, 0.3) is 0 Å². The molecule has 0 saturated carbocycles. The molecule has 0 spiro atoms. The zero-order valence-electron chi connectivity index (χ0n) is 21.5. The Morgan fingerprint density at radius 2 is 1.92 bits per heavy atom. The lowest BCUT2D eigenvalue weighted by Crippen LogP contribution is -2.48. The summed E-state index contributed by atoms with van der Waals surface area (Å²) in [6, 6.07) is 13.8. The Morgan fingerprint density at radius 3 is 2.67 bits per heavy atom. The van der Waals surface area contributed by atoms with Crippen molar-refractivity contribution < 1.29 is 24.1 Å². The van der Waals surface area contributed by atoms with Gasteiger partial charge in [0, 0.05) is 38.6 Å². The number of hydrogen-bond donors (Lipinski definition) is 1. The molecule has 3 aromatic rings. The summed E-state index contributed by atoms with van der Waals surface area (Å²) in [5, 5.41) is 11.2. The number of nitrogens with zero attached hydrogens (tertiary/aromatic N) is 3. The molecule has 1 aromatic heterocycles. The Hall–Kier alpha value is -3.07. The molecule has 0 radical (unpaired) electrons. The molecule has 2 aromatic carbocycles. The number of methoxy groups -OCH3 is 1. The number of benzene rings is 2. The van der Waals surface area contributed by atoms with E-state index in [0.717, 1.165) is 42.4 Å². The van der Waals surface area contributed by atoms with Crippen LogP contribution in [0.3, 0.4) is 0 Å². The Labute approximate surface area is 213 Å². The third-order valence-electron chi connectivity index (χ3n) is 6.33. The first kappa shape index (κ1) is 26.0. The van der Waals surface area contributed by atoms with Crippen LogP contribution in [0.25, 0.3) is 0 Å². The molecule has 0 amide bonds. The van der Waals surface area contributed by atoms with Gasteiger partial charge in [-0.1, -0.05) is 23.8 Å². The van der Waals surface area contributed by atoms with Gasteiger partial charge in [-0.3, -0.25) is 4.90 Å². The second-order valence-electron chi connectivity index (χ2n) is 9.44. The van der Waals surface area contributed by atoms with Gasteiger partial charge in [-0.05, 0) is 50.1 Å². The molecule has 194 valence electrons. The van der Waals surface area contributed by atoms with Crippen LogP contribution >= 0.6 is 0 Å². The largest absolute Gasteiger partial charge is 0.493 e. The lowest BCUT2D eigenvalue weighted by Gasteiger charge is -2.30. The number of imidazole rings is 1. The van der Waals surface area contributed by atoms with Gasteiger partial charge in [0.05, 0.1) is 26.9 Å². The minimum Gasteiger partial charge on any atom is -0.493 e. The van der Waals surface area contributed by atoms with E-state index in [1.54, 1.807) is 7.11 Å². The van der Waals surface area contributed by atoms with Gasteiger partial charge >= 0.3 is 0 Å². The van der Waals surface area contributed by atoms with Gasteiger partial charge < -0.3 is 28.6 Å². The standard InChI is InChI=1S/C28H37N3O5/c1-22-5-8-25(9-6-22)36-21-28(32)19-30(14-16-34-20-28)18-24-7-10-26(27(17-24)33-3)35-15-4-12-31-13-11-29-23(31)2/h5-11,13,17,32H,4,12,14-16,18-21H2,1-3H3/t28-/m1/s1. The van der Waals surface area contributed by atoms with Gasteiger partial charge in [-0.2, -0.15) is 0 Å². The summed E-state index contributed by atoms with van der Waals surface area (Å²) in [7, 11) is 1.65. The van der Waals surface area contributed by atoms with E-state index in [-0.39, 0.29) is 13.2 Å². The number of aryl methyl sites for hydroxylation is 3. The molecule has 1 fully saturated rings. The third-order valence-corrected chi connectivity index (χ3v) is 6.33. The van der Waals surface area contributed by atoms with E-state index < -0.39 is 5.60 Å². The fourth-order valence-corrected chi connectivity index (χ4v) is 4.32. The Kier molecular flexibility index (Phi) is 8.85. The average molecular weight is 496 g/mol. The topological polar surface area (TPSA) is 78.2 Å². The normalized spacial score (nSPS) is 18.6. The predicted molar refractivity (Wildman–Crippen MR) is 138 cm³/mol. The molecule has 2 heterocycles. The Morgan fingerprint density at radius 1 is 1.08 bits per heavy atom. The van der Waals surface area contributed by atoms with Crippen molar-refractivity contribution in [3.63, 3.8) is 0 Å². The Balaban J connectivity index is 1.31. The SMILES string of the molecule is COc1cc(CN2CCOC[C@@](O)(COc3ccc(C)cc3)C2)ccc1OCCCn1ccnc1C. The van der Waals surface area contributed by atoms with Gasteiger partial charge in [0.1, 0.15) is 23.8 Å². The number of rotatable bonds is 11. The van der Waals surface area contributed by atoms with Crippen molar-refractivity contribution in [1.29, 1.82) is 0 Å². The van der Waals surface area contributed by atoms with Crippen molar-refractivity contribution in [2.24, 2.45) is 0 Å². The maximum atomic E-state index is 11.2. The van der Waals surface area contributed by atoms with E-state index in [1.807, 2.05) is 68.7 Å². The molecule has 36 heavy (non-hydrogen) atoms. The molecule has 0 aliphatic carbocycles. The number of aliphatic hydroxyl groups is 1. The highest BCUT2D eigenvalue weighted by Crippen LogP contribution is 2.29. The summed E-state index contributed by atoms with van der Waals surface area (Å²) in [6.07, 6.45) is 4.67. The van der Waals surface area contributed by atoms with Crippen LogP contribution in [0.1, 0.15) is 23.4 Å². The zero-order valence-corrected chi connectivity index (χ0v) is 21.5. The molecule has 1 saturated heterocycles. The maximum Gasteiger partial charge on any atom is 0.161 e. The molecule has 1 aliphatic rings. The second-order valence-corrected chi connectivity index (χ2v) is 9.44. The zero-order chi connectivity index (χ0) is 25.4. The fraction of sp³-hybridized carbons (Fsp3) is 0.464. The van der Waals surface area contributed by atoms with E-state index in [4.69, 9.17) is 18.9 Å². The number of β-amino-alcohol motifs (C(OH)–C–C–N with tert-alkyl or cyclic N) is 1. The molecule has 0 unspecified atom stereocenters. The maximum absolute atomic E-state index is 11.2. The monoisotopic (exact) mass is 495 g/mol. The van der Waals surface area contributed by atoms with Crippen LogP contribution in [0.15, 0.2) is 54.9 Å². The van der Waals surface area contributed by atoms with Crippen molar-refractivity contribution in [2.45, 2.75) is 39.0 Å². The lowest BCUT2D eigenvalue weighted by atomic mass is 10.1. The summed E-state index contributed by atoms with van der Waals surface area (Å²) < 4.78 is 25.3. The van der Waals surface area contributed by atoms with E-state index in [2.05, 4.69) is 14.5 Å². The first-order chi connectivity index (χ1) is 17.4. The molecule has 8 nitrogen and oxygen atoms in total. The van der Waals surface area contributed by atoms with Crippen LogP contribution in [-0.2, 0) is 17.8 Å². The lowest BCUT2D eigenvalue weighted by molar-refractivity contribution is -0.0646. The van der Waals surface area contributed by atoms with Crippen LogP contribution in [-0.4, -0.2) is 71.8 Å². The van der Waals surface area contributed by atoms with E-state index in [1.165, 1.54) is 5.56 Å². The van der Waals surface area contributed by atoms with Gasteiger partial charge in [0.2, 0.25) is 0 Å². The van der Waals surface area contributed by atoms with Crippen molar-refractivity contribution in [2.75, 3.05) is 46.6 Å². The molecule has 1 atom stereocenters. The number of hydrogen-bond acceptors (Lipinski definition) is 7. The van der Waals surface area contributed by atoms with Crippen molar-refractivity contribution in [1.82, 2.24) is 14.5 Å². The third kappa shape index (κ3) is 7.22. The summed E-state index contributed by atoms with van der Waals surface area (Å²) in [5.74, 6) is 3.18. The molecule has 8 heteroatoms. The predicted octanol–water partition coefficient (Wildman–Crippen LogP) is 3.62. The molecule has 0 bridgehead atoms. The summed E-state index contributed by atoms with van der Waals surface area (Å²) in [5.41, 5.74) is 1.15. The van der Waals surface area contributed by atoms with Crippen molar-refractivity contribution in [3.05, 3.63) is 71.8 Å². The molecule has 4 rings (SSSR count). The number of ether oxygens (including phenoxy) is 4. The average Bonchev–Trinajstić information content (AvgIpc) is 3.19. The highest BCUT2D eigenvalue weighted by Gasteiger charge is 2.33. The quantitative estimate of drug-likeness (QED) is 0.407. The van der Waals surface area contributed by atoms with Crippen LogP contribution in [0.4, 0.5) is 0 Å². The second kappa shape index (κ2) is 12.3. The smallest absolute Gasteiger partial charge is 0.161 e. The van der Waals surface area contributed by atoms with Crippen molar-refractivity contribution in [3.8, 4) is 17.2 Å². The summed E-state index contributed by atoms with van der Waals surface area (Å²) >= 11 is 0.